The number of rotatable bonds is 4. The molecule has 0 fully saturated rings. The molecule has 1 N–H and O–H groups in total. The minimum atomic E-state index is 0.379. The van der Waals surface area contributed by atoms with E-state index in [0.717, 1.165) is 8.68 Å². The van der Waals surface area contributed by atoms with Gasteiger partial charge in [0.1, 0.15) is 0 Å². The maximum atomic E-state index is 4.31. The number of aromatic nitrogens is 2. The molecule has 0 saturated heterocycles. The predicted molar refractivity (Wildman–Crippen MR) is 92.6 cm³/mol. The molecular weight excluding hydrogens is 318 g/mol. The van der Waals surface area contributed by atoms with Crippen molar-refractivity contribution in [3.63, 3.8) is 0 Å². The molecule has 3 nitrogen and oxygen atoms in total. The fourth-order valence-corrected chi connectivity index (χ4v) is 6.08. The topological polar surface area (TPSA) is 37.8 Å². The van der Waals surface area contributed by atoms with Crippen LogP contribution >= 0.6 is 34.9 Å². The molecule has 0 amide bonds. The molecule has 1 heterocycles. The minimum Gasteiger partial charge on any atom is -0.312 e. The zero-order valence-corrected chi connectivity index (χ0v) is 14.8. The van der Waals surface area contributed by atoms with Crippen LogP contribution in [-0.4, -0.2) is 28.8 Å². The Hall–Kier alpha value is -0.560. The van der Waals surface area contributed by atoms with Crippen molar-refractivity contribution in [1.29, 1.82) is 0 Å². The summed E-state index contributed by atoms with van der Waals surface area (Å²) < 4.78 is 2.12. The molecule has 0 aliphatic heterocycles. The highest BCUT2D eigenvalue weighted by atomic mass is 32.2. The van der Waals surface area contributed by atoms with Gasteiger partial charge in [-0.05, 0) is 36.8 Å². The van der Waals surface area contributed by atoms with Crippen molar-refractivity contribution in [1.82, 2.24) is 15.5 Å². The molecule has 0 radical (unpaired) electrons. The zero-order chi connectivity index (χ0) is 14.8. The molecule has 0 bridgehead atoms. The van der Waals surface area contributed by atoms with Crippen molar-refractivity contribution in [3.8, 4) is 0 Å². The number of nitrogens with one attached hydrogen (secondary N) is 1. The second-order valence-corrected chi connectivity index (χ2v) is 8.74. The van der Waals surface area contributed by atoms with Crippen LogP contribution in [0.5, 0.6) is 0 Å². The summed E-state index contributed by atoms with van der Waals surface area (Å²) in [5.74, 6) is 0.594. The largest absolute Gasteiger partial charge is 0.312 e. The normalized spacial score (nSPS) is 24.8. The van der Waals surface area contributed by atoms with Crippen LogP contribution in [0.15, 0.2) is 32.9 Å². The Morgan fingerprint density at radius 1 is 1.19 bits per heavy atom. The van der Waals surface area contributed by atoms with E-state index in [4.69, 9.17) is 0 Å². The van der Waals surface area contributed by atoms with Crippen molar-refractivity contribution in [2.75, 3.05) is 13.3 Å². The Labute approximate surface area is 138 Å². The van der Waals surface area contributed by atoms with E-state index in [2.05, 4.69) is 53.8 Å². The Morgan fingerprint density at radius 2 is 1.90 bits per heavy atom. The van der Waals surface area contributed by atoms with Gasteiger partial charge in [-0.1, -0.05) is 66.0 Å². The molecule has 2 aromatic rings. The molecule has 1 aromatic carbocycles. The van der Waals surface area contributed by atoms with Crippen LogP contribution in [0.3, 0.4) is 0 Å². The average molecular weight is 338 g/mol. The van der Waals surface area contributed by atoms with E-state index in [1.165, 1.54) is 17.5 Å². The first kappa shape index (κ1) is 15.3. The summed E-state index contributed by atoms with van der Waals surface area (Å²) in [6.07, 6.45) is 3.21. The van der Waals surface area contributed by atoms with Gasteiger partial charge in [-0.15, -0.1) is 10.2 Å². The monoisotopic (exact) mass is 337 g/mol. The lowest BCUT2D eigenvalue weighted by atomic mass is 9.81. The summed E-state index contributed by atoms with van der Waals surface area (Å²) >= 11 is 5.23. The molecule has 112 valence electrons. The van der Waals surface area contributed by atoms with Crippen molar-refractivity contribution in [3.05, 3.63) is 35.4 Å². The van der Waals surface area contributed by atoms with Crippen molar-refractivity contribution >= 4 is 34.9 Å². The second-order valence-electron chi connectivity index (χ2n) is 5.23. The van der Waals surface area contributed by atoms with Gasteiger partial charge in [-0.3, -0.25) is 0 Å². The van der Waals surface area contributed by atoms with E-state index >= 15 is 0 Å². The summed E-state index contributed by atoms with van der Waals surface area (Å²) in [5, 5.41) is 12.5. The van der Waals surface area contributed by atoms with Gasteiger partial charge in [0.05, 0.1) is 0 Å². The predicted octanol–water partition coefficient (Wildman–Crippen LogP) is 4.19. The van der Waals surface area contributed by atoms with Gasteiger partial charge in [-0.25, -0.2) is 0 Å². The van der Waals surface area contributed by atoms with Crippen molar-refractivity contribution in [2.24, 2.45) is 0 Å². The summed E-state index contributed by atoms with van der Waals surface area (Å²) in [6, 6.07) is 9.18. The van der Waals surface area contributed by atoms with Crippen LogP contribution in [0, 0.1) is 0 Å². The number of benzene rings is 1. The lowest BCUT2D eigenvalue weighted by Crippen LogP contribution is -2.33. The van der Waals surface area contributed by atoms with Crippen LogP contribution in [0.4, 0.5) is 0 Å². The molecule has 3 atom stereocenters. The third-order valence-corrected chi connectivity index (χ3v) is 7.23. The first-order valence-electron chi connectivity index (χ1n) is 7.03. The first-order valence-corrected chi connectivity index (χ1v) is 9.95. The highest BCUT2D eigenvalue weighted by Gasteiger charge is 2.33. The van der Waals surface area contributed by atoms with E-state index in [9.17, 15) is 0 Å². The molecule has 0 saturated carbocycles. The van der Waals surface area contributed by atoms with Crippen molar-refractivity contribution < 1.29 is 0 Å². The number of nitrogens with zero attached hydrogens (tertiary/aromatic N) is 2. The third-order valence-electron chi connectivity index (χ3n) is 3.95. The fraction of sp³-hybridized carbons (Fsp3) is 0.467. The van der Waals surface area contributed by atoms with Gasteiger partial charge >= 0.3 is 0 Å². The SMILES string of the molecule is CNC1c2ccccc2C(C)CC1Sc1nnc(SC)s1. The lowest BCUT2D eigenvalue weighted by molar-refractivity contribution is 0.473. The van der Waals surface area contributed by atoms with Crippen molar-refractivity contribution in [2.45, 2.75) is 39.2 Å². The van der Waals surface area contributed by atoms with Gasteiger partial charge in [0.15, 0.2) is 8.68 Å². The molecule has 6 heteroatoms. The van der Waals surface area contributed by atoms with E-state index in [1.807, 2.05) is 18.0 Å². The molecule has 1 aliphatic rings. The van der Waals surface area contributed by atoms with E-state index in [0.29, 0.717) is 17.2 Å². The summed E-state index contributed by atoms with van der Waals surface area (Å²) in [5.41, 5.74) is 2.92. The highest BCUT2D eigenvalue weighted by molar-refractivity contribution is 8.03. The van der Waals surface area contributed by atoms with Gasteiger partial charge in [-0.2, -0.15) is 0 Å². The summed E-state index contributed by atoms with van der Waals surface area (Å²) in [6.45, 7) is 2.33. The standard InChI is InChI=1S/C15H19N3S3/c1-9-8-12(20-15-18-17-14(19-3)21-15)13(16-2)11-7-5-4-6-10(9)11/h4-7,9,12-13,16H,8H2,1-3H3. The molecule has 1 aliphatic carbocycles. The third kappa shape index (κ3) is 3.13. The molecule has 21 heavy (non-hydrogen) atoms. The maximum Gasteiger partial charge on any atom is 0.175 e. The number of fused-ring (bicyclic) bond motifs is 1. The minimum absolute atomic E-state index is 0.379. The van der Waals surface area contributed by atoms with Crippen LogP contribution in [-0.2, 0) is 0 Å². The summed E-state index contributed by atoms with van der Waals surface area (Å²) in [7, 11) is 2.05. The van der Waals surface area contributed by atoms with Gasteiger partial charge in [0, 0.05) is 11.3 Å². The summed E-state index contributed by atoms with van der Waals surface area (Å²) in [4.78, 5) is 0. The quantitative estimate of drug-likeness (QED) is 0.847. The number of hydrogen-bond acceptors (Lipinski definition) is 6. The Morgan fingerprint density at radius 3 is 2.57 bits per heavy atom. The van der Waals surface area contributed by atoms with Gasteiger partial charge in [0.25, 0.3) is 0 Å². The van der Waals surface area contributed by atoms with Crippen LogP contribution in [0.25, 0.3) is 0 Å². The van der Waals surface area contributed by atoms with Crippen LogP contribution < -0.4 is 5.32 Å². The number of thioether (sulfide) groups is 2. The van der Waals surface area contributed by atoms with E-state index in [1.54, 1.807) is 23.1 Å². The highest BCUT2D eigenvalue weighted by Crippen LogP contribution is 2.45. The smallest absolute Gasteiger partial charge is 0.175 e. The van der Waals surface area contributed by atoms with Crippen LogP contribution in [0.2, 0.25) is 0 Å². The van der Waals surface area contributed by atoms with E-state index < -0.39 is 0 Å². The second kappa shape index (κ2) is 6.69. The molecule has 3 unspecified atom stereocenters. The molecular formula is C15H19N3S3. The van der Waals surface area contributed by atoms with Crippen LogP contribution in [0.1, 0.15) is 36.4 Å². The van der Waals surface area contributed by atoms with Gasteiger partial charge < -0.3 is 5.32 Å². The Balaban J connectivity index is 1.86. The fourth-order valence-electron chi connectivity index (χ4n) is 2.97. The lowest BCUT2D eigenvalue weighted by Gasteiger charge is -2.36. The molecule has 0 spiro atoms. The molecule has 1 aromatic heterocycles. The maximum absolute atomic E-state index is 4.31. The Bertz CT molecular complexity index is 614. The first-order chi connectivity index (χ1) is 10.2. The number of hydrogen-bond donors (Lipinski definition) is 1. The molecule has 3 rings (SSSR count). The van der Waals surface area contributed by atoms with E-state index in [-0.39, 0.29) is 0 Å². The van der Waals surface area contributed by atoms with Gasteiger partial charge in [0.2, 0.25) is 0 Å². The zero-order valence-electron chi connectivity index (χ0n) is 12.4. The average Bonchev–Trinajstić information content (AvgIpc) is 2.95. The Kier molecular flexibility index (Phi) is 4.88.